The second kappa shape index (κ2) is 8.93. The number of nitrogens with one attached hydrogen (secondary N) is 1. The van der Waals surface area contributed by atoms with Crippen molar-refractivity contribution < 1.29 is 22.7 Å². The third kappa shape index (κ3) is 4.68. The van der Waals surface area contributed by atoms with Gasteiger partial charge in [0.2, 0.25) is 10.0 Å². The number of fused-ring (bicyclic) bond motifs is 1. The molecule has 0 aromatic heterocycles. The van der Waals surface area contributed by atoms with E-state index in [2.05, 4.69) is 4.72 Å². The Hall–Kier alpha value is -2.78. The highest BCUT2D eigenvalue weighted by Gasteiger charge is 2.35. The zero-order valence-corrected chi connectivity index (χ0v) is 18.2. The lowest BCUT2D eigenvalue weighted by molar-refractivity contribution is 0.0693. The summed E-state index contributed by atoms with van der Waals surface area (Å²) in [5, 5.41) is 0. The molecule has 0 saturated heterocycles. The smallest absolute Gasteiger partial charge is 0.257 e. The van der Waals surface area contributed by atoms with Crippen molar-refractivity contribution in [1.82, 2.24) is 9.62 Å². The number of carbonyl (C=O) groups is 1. The van der Waals surface area contributed by atoms with Gasteiger partial charge in [-0.3, -0.25) is 4.79 Å². The van der Waals surface area contributed by atoms with Gasteiger partial charge in [0, 0.05) is 18.8 Å². The lowest BCUT2D eigenvalue weighted by atomic mass is 10.0. The summed E-state index contributed by atoms with van der Waals surface area (Å²) in [5.74, 6) is 0.998. The zero-order valence-electron chi connectivity index (χ0n) is 17.3. The number of amides is 1. The Kier molecular flexibility index (Phi) is 6.52. The van der Waals surface area contributed by atoms with E-state index in [0.717, 1.165) is 17.4 Å². The molecule has 0 aliphatic carbocycles. The summed E-state index contributed by atoms with van der Waals surface area (Å²) in [6.07, 6.45) is 1.50. The number of carbonyl (C=O) groups excluding carboxylic acids is 1. The van der Waals surface area contributed by atoms with Crippen molar-refractivity contribution in [2.75, 3.05) is 32.3 Å². The Morgan fingerprint density at radius 3 is 2.63 bits per heavy atom. The first kappa shape index (κ1) is 21.9. The molecule has 8 nitrogen and oxygen atoms in total. The van der Waals surface area contributed by atoms with E-state index < -0.39 is 10.0 Å². The molecule has 0 fully saturated rings. The SMILES string of the molecule is CCOc1cc(C(CCNS(C)(=O)=O)N2Cc3cccc(N)c3C2=O)ccc1OC. The lowest BCUT2D eigenvalue weighted by Gasteiger charge is -2.29. The Morgan fingerprint density at radius 2 is 2.00 bits per heavy atom. The van der Waals surface area contributed by atoms with Gasteiger partial charge in [0.05, 0.1) is 31.6 Å². The van der Waals surface area contributed by atoms with E-state index in [1.807, 2.05) is 31.2 Å². The van der Waals surface area contributed by atoms with Gasteiger partial charge in [-0.05, 0) is 42.7 Å². The molecular weight excluding hydrogens is 406 g/mol. The van der Waals surface area contributed by atoms with Gasteiger partial charge in [-0.15, -0.1) is 0 Å². The Labute approximate surface area is 177 Å². The molecule has 1 unspecified atom stereocenters. The van der Waals surface area contributed by atoms with Crippen LogP contribution < -0.4 is 19.9 Å². The van der Waals surface area contributed by atoms with E-state index >= 15 is 0 Å². The molecule has 0 spiro atoms. The number of anilines is 1. The van der Waals surface area contributed by atoms with Crippen LogP contribution in [0.3, 0.4) is 0 Å². The van der Waals surface area contributed by atoms with Gasteiger partial charge < -0.3 is 20.1 Å². The number of rotatable bonds is 9. The van der Waals surface area contributed by atoms with Gasteiger partial charge in [0.15, 0.2) is 11.5 Å². The van der Waals surface area contributed by atoms with E-state index in [1.54, 1.807) is 24.1 Å². The second-order valence-corrected chi connectivity index (χ2v) is 8.96. The molecule has 9 heteroatoms. The number of nitrogen functional groups attached to an aromatic ring is 1. The molecule has 2 aromatic rings. The van der Waals surface area contributed by atoms with Crippen molar-refractivity contribution in [1.29, 1.82) is 0 Å². The predicted octanol–water partition coefficient (Wildman–Crippen LogP) is 2.31. The molecule has 1 amide bonds. The Balaban J connectivity index is 1.97. The van der Waals surface area contributed by atoms with Crippen LogP contribution in [0.4, 0.5) is 5.69 Å². The highest BCUT2D eigenvalue weighted by molar-refractivity contribution is 7.88. The number of hydrogen-bond donors (Lipinski definition) is 2. The fraction of sp³-hybridized carbons (Fsp3) is 0.381. The van der Waals surface area contributed by atoms with Crippen LogP contribution in [0.1, 0.15) is 40.9 Å². The van der Waals surface area contributed by atoms with Gasteiger partial charge in [0.1, 0.15) is 0 Å². The number of nitrogens with two attached hydrogens (primary N) is 1. The van der Waals surface area contributed by atoms with Crippen LogP contribution in [-0.2, 0) is 16.6 Å². The van der Waals surface area contributed by atoms with Crippen molar-refractivity contribution in [2.24, 2.45) is 0 Å². The number of sulfonamides is 1. The summed E-state index contributed by atoms with van der Waals surface area (Å²) in [5.41, 5.74) is 8.69. The minimum absolute atomic E-state index is 0.166. The molecule has 3 rings (SSSR count). The van der Waals surface area contributed by atoms with Crippen LogP contribution in [0, 0.1) is 0 Å². The molecular formula is C21H27N3O5S. The van der Waals surface area contributed by atoms with Crippen molar-refractivity contribution in [3.8, 4) is 11.5 Å². The molecule has 162 valence electrons. The van der Waals surface area contributed by atoms with Gasteiger partial charge in [-0.1, -0.05) is 18.2 Å². The van der Waals surface area contributed by atoms with E-state index in [9.17, 15) is 13.2 Å². The van der Waals surface area contributed by atoms with Gasteiger partial charge in [0.25, 0.3) is 5.91 Å². The van der Waals surface area contributed by atoms with Crippen LogP contribution >= 0.6 is 0 Å². The van der Waals surface area contributed by atoms with Crippen molar-refractivity contribution in [2.45, 2.75) is 25.9 Å². The Morgan fingerprint density at radius 1 is 1.23 bits per heavy atom. The summed E-state index contributed by atoms with van der Waals surface area (Å²) in [6, 6.07) is 10.5. The fourth-order valence-corrected chi connectivity index (χ4v) is 4.20. The molecule has 2 aromatic carbocycles. The number of methoxy groups -OCH3 is 1. The first-order chi connectivity index (χ1) is 14.2. The first-order valence-corrected chi connectivity index (χ1v) is 11.6. The molecule has 0 radical (unpaired) electrons. The van der Waals surface area contributed by atoms with E-state index in [1.165, 1.54) is 0 Å². The van der Waals surface area contributed by atoms with Crippen LogP contribution in [0.25, 0.3) is 0 Å². The normalized spacial score (nSPS) is 14.5. The average Bonchev–Trinajstić information content (AvgIpc) is 3.02. The van der Waals surface area contributed by atoms with Crippen LogP contribution in [0.15, 0.2) is 36.4 Å². The minimum Gasteiger partial charge on any atom is -0.493 e. The van der Waals surface area contributed by atoms with Crippen LogP contribution in [-0.4, -0.2) is 45.7 Å². The lowest BCUT2D eigenvalue weighted by Crippen LogP contribution is -2.33. The largest absolute Gasteiger partial charge is 0.493 e. The molecule has 30 heavy (non-hydrogen) atoms. The highest BCUT2D eigenvalue weighted by Crippen LogP contribution is 2.38. The van der Waals surface area contributed by atoms with E-state index in [-0.39, 0.29) is 18.5 Å². The topological polar surface area (TPSA) is 111 Å². The molecule has 1 atom stereocenters. The quantitative estimate of drug-likeness (QED) is 0.587. The number of nitrogens with zero attached hydrogens (tertiary/aromatic N) is 1. The van der Waals surface area contributed by atoms with Crippen molar-refractivity contribution in [3.63, 3.8) is 0 Å². The van der Waals surface area contributed by atoms with Gasteiger partial charge >= 0.3 is 0 Å². The number of hydrogen-bond acceptors (Lipinski definition) is 6. The maximum atomic E-state index is 13.2. The minimum atomic E-state index is -3.34. The molecule has 1 aliphatic heterocycles. The standard InChI is InChI=1S/C21H27N3O5S/c1-4-29-19-12-14(8-9-18(19)28-2)17(10-11-23-30(3,26)27)24-13-15-6-5-7-16(22)20(15)21(24)25/h5-9,12,17,23H,4,10-11,13,22H2,1-3H3. The molecule has 3 N–H and O–H groups in total. The van der Waals surface area contributed by atoms with Gasteiger partial charge in [-0.2, -0.15) is 0 Å². The predicted molar refractivity (Wildman–Crippen MR) is 115 cm³/mol. The number of ether oxygens (including phenoxy) is 2. The Bertz CT molecular complexity index is 1040. The summed E-state index contributed by atoms with van der Waals surface area (Å²) >= 11 is 0. The van der Waals surface area contributed by atoms with Crippen LogP contribution in [0.2, 0.25) is 0 Å². The summed E-state index contributed by atoms with van der Waals surface area (Å²) in [4.78, 5) is 14.9. The monoisotopic (exact) mass is 433 g/mol. The third-order valence-corrected chi connectivity index (χ3v) is 5.76. The van der Waals surface area contributed by atoms with E-state index in [4.69, 9.17) is 15.2 Å². The fourth-order valence-electron chi connectivity index (χ4n) is 3.72. The summed E-state index contributed by atoms with van der Waals surface area (Å²) < 4.78 is 36.6. The maximum Gasteiger partial charge on any atom is 0.257 e. The zero-order chi connectivity index (χ0) is 21.9. The highest BCUT2D eigenvalue weighted by atomic mass is 32.2. The maximum absolute atomic E-state index is 13.2. The third-order valence-electron chi connectivity index (χ3n) is 5.03. The molecule has 0 saturated carbocycles. The van der Waals surface area contributed by atoms with Crippen molar-refractivity contribution >= 4 is 21.6 Å². The second-order valence-electron chi connectivity index (χ2n) is 7.13. The molecule has 1 heterocycles. The van der Waals surface area contributed by atoms with E-state index in [0.29, 0.717) is 42.3 Å². The van der Waals surface area contributed by atoms with Crippen molar-refractivity contribution in [3.05, 3.63) is 53.1 Å². The number of benzene rings is 2. The average molecular weight is 434 g/mol. The molecule has 0 bridgehead atoms. The first-order valence-electron chi connectivity index (χ1n) is 9.68. The molecule has 1 aliphatic rings. The van der Waals surface area contributed by atoms with Crippen LogP contribution in [0.5, 0.6) is 11.5 Å². The summed E-state index contributed by atoms with van der Waals surface area (Å²) in [6.45, 7) is 2.93. The summed E-state index contributed by atoms with van der Waals surface area (Å²) in [7, 11) is -1.78. The van der Waals surface area contributed by atoms with Gasteiger partial charge in [-0.25, -0.2) is 13.1 Å².